The quantitative estimate of drug-likeness (QED) is 0.503. The summed E-state index contributed by atoms with van der Waals surface area (Å²) in [5, 5.41) is 11.7. The molecule has 3 rings (SSSR count). The lowest BCUT2D eigenvalue weighted by Gasteiger charge is -2.17. The van der Waals surface area contributed by atoms with Gasteiger partial charge in [0.15, 0.2) is 6.61 Å². The summed E-state index contributed by atoms with van der Waals surface area (Å²) in [5.74, 6) is -1.19. The summed E-state index contributed by atoms with van der Waals surface area (Å²) in [5.41, 5.74) is 1.04. The van der Waals surface area contributed by atoms with Gasteiger partial charge in [0, 0.05) is 23.9 Å². The maximum absolute atomic E-state index is 12.3. The van der Waals surface area contributed by atoms with Crippen LogP contribution in [0.15, 0.2) is 65.6 Å². The van der Waals surface area contributed by atoms with E-state index >= 15 is 0 Å². The van der Waals surface area contributed by atoms with Gasteiger partial charge in [-0.2, -0.15) is 0 Å². The van der Waals surface area contributed by atoms with E-state index in [-0.39, 0.29) is 23.8 Å². The molecule has 3 aromatic carbocycles. The number of phenols is 1. The Balaban J connectivity index is 1.60. The zero-order valence-corrected chi connectivity index (χ0v) is 16.5. The molecule has 0 aliphatic heterocycles. The van der Waals surface area contributed by atoms with Crippen molar-refractivity contribution in [3.8, 4) is 5.75 Å². The van der Waals surface area contributed by atoms with E-state index in [4.69, 9.17) is 4.74 Å². The number of carbonyl (C=O) groups excluding carboxylic acids is 2. The molecule has 0 heterocycles. The normalized spacial score (nSPS) is 10.6. The van der Waals surface area contributed by atoms with Crippen LogP contribution in [0.25, 0.3) is 10.8 Å². The highest BCUT2D eigenvalue weighted by atomic mass is 32.2. The Kier molecular flexibility index (Phi) is 6.21. The molecule has 0 aliphatic rings. The minimum Gasteiger partial charge on any atom is -0.506 e. The number of fused-ring (bicyclic) bond motifs is 1. The maximum Gasteiger partial charge on any atom is 0.342 e. The Morgan fingerprint density at radius 1 is 1.04 bits per heavy atom. The third kappa shape index (κ3) is 4.46. The lowest BCUT2D eigenvalue weighted by Crippen LogP contribution is -2.30. The summed E-state index contributed by atoms with van der Waals surface area (Å²) < 4.78 is 5.12. The third-order valence-corrected chi connectivity index (χ3v) is 5.20. The summed E-state index contributed by atoms with van der Waals surface area (Å²) >= 11 is 1.66. The molecule has 28 heavy (non-hydrogen) atoms. The highest BCUT2D eigenvalue weighted by Gasteiger charge is 2.18. The van der Waals surface area contributed by atoms with Crippen LogP contribution in [0.4, 0.5) is 0 Å². The lowest BCUT2D eigenvalue weighted by molar-refractivity contribution is -0.133. The second-order valence-electron chi connectivity index (χ2n) is 6.36. The molecule has 0 unspecified atom stereocenters. The molecule has 1 amide bonds. The van der Waals surface area contributed by atoms with Crippen LogP contribution >= 0.6 is 11.8 Å². The largest absolute Gasteiger partial charge is 0.506 e. The molecule has 5 nitrogen and oxygen atoms in total. The van der Waals surface area contributed by atoms with Crippen LogP contribution in [0.2, 0.25) is 0 Å². The summed E-state index contributed by atoms with van der Waals surface area (Å²) in [6, 6.07) is 18.4. The molecule has 6 heteroatoms. The van der Waals surface area contributed by atoms with Crippen molar-refractivity contribution in [3.05, 3.63) is 71.8 Å². The predicted octanol–water partition coefficient (Wildman–Crippen LogP) is 4.08. The molecule has 0 radical (unpaired) electrons. The standard InChI is InChI=1S/C22H21NO4S/c1-23(13-15-7-10-17(28-2)11-8-15)20(24)14-27-22(26)19-12-9-16-5-3-4-6-18(16)21(19)25/h3-12,25H,13-14H2,1-2H3. The van der Waals surface area contributed by atoms with E-state index in [0.717, 1.165) is 15.8 Å². The molecule has 0 fully saturated rings. The van der Waals surface area contributed by atoms with Gasteiger partial charge in [-0.3, -0.25) is 4.79 Å². The lowest BCUT2D eigenvalue weighted by atomic mass is 10.1. The monoisotopic (exact) mass is 395 g/mol. The smallest absolute Gasteiger partial charge is 0.342 e. The fourth-order valence-electron chi connectivity index (χ4n) is 2.83. The van der Waals surface area contributed by atoms with Crippen molar-refractivity contribution in [1.82, 2.24) is 4.90 Å². The van der Waals surface area contributed by atoms with E-state index < -0.39 is 5.97 Å². The Morgan fingerprint density at radius 3 is 2.46 bits per heavy atom. The van der Waals surface area contributed by atoms with Crippen molar-refractivity contribution in [2.75, 3.05) is 19.9 Å². The van der Waals surface area contributed by atoms with Crippen LogP contribution in [-0.2, 0) is 16.1 Å². The van der Waals surface area contributed by atoms with E-state index in [2.05, 4.69) is 0 Å². The van der Waals surface area contributed by atoms with Gasteiger partial charge in [0.1, 0.15) is 11.3 Å². The number of rotatable bonds is 6. The molecule has 0 spiro atoms. The second kappa shape index (κ2) is 8.80. The zero-order valence-electron chi connectivity index (χ0n) is 15.7. The minimum atomic E-state index is -0.727. The van der Waals surface area contributed by atoms with Crippen LogP contribution in [-0.4, -0.2) is 41.8 Å². The fraction of sp³-hybridized carbons (Fsp3) is 0.182. The minimum absolute atomic E-state index is 0.0433. The van der Waals surface area contributed by atoms with Gasteiger partial charge in [0.05, 0.1) is 0 Å². The van der Waals surface area contributed by atoms with Crippen molar-refractivity contribution in [2.45, 2.75) is 11.4 Å². The number of hydrogen-bond donors (Lipinski definition) is 1. The number of carbonyl (C=O) groups is 2. The number of nitrogens with zero attached hydrogens (tertiary/aromatic N) is 1. The first-order valence-electron chi connectivity index (χ1n) is 8.74. The van der Waals surface area contributed by atoms with Crippen molar-refractivity contribution in [1.29, 1.82) is 0 Å². The molecule has 3 aromatic rings. The van der Waals surface area contributed by atoms with Gasteiger partial charge < -0.3 is 14.7 Å². The molecular weight excluding hydrogens is 374 g/mol. The Bertz CT molecular complexity index is 1000. The number of amides is 1. The van der Waals surface area contributed by atoms with Crippen LogP contribution in [0, 0.1) is 0 Å². The van der Waals surface area contributed by atoms with Gasteiger partial charge in [-0.15, -0.1) is 11.8 Å². The summed E-state index contributed by atoms with van der Waals surface area (Å²) in [6.07, 6.45) is 2.01. The van der Waals surface area contributed by atoms with E-state index in [1.807, 2.05) is 42.7 Å². The van der Waals surface area contributed by atoms with Gasteiger partial charge in [0.2, 0.25) is 0 Å². The third-order valence-electron chi connectivity index (χ3n) is 4.45. The fourth-order valence-corrected chi connectivity index (χ4v) is 3.24. The first kappa shape index (κ1) is 19.8. The van der Waals surface area contributed by atoms with Gasteiger partial charge in [0.25, 0.3) is 5.91 Å². The van der Waals surface area contributed by atoms with Crippen molar-refractivity contribution < 1.29 is 19.4 Å². The first-order valence-corrected chi connectivity index (χ1v) is 9.97. The second-order valence-corrected chi connectivity index (χ2v) is 7.24. The number of ether oxygens (including phenoxy) is 1. The van der Waals surface area contributed by atoms with Gasteiger partial charge in [-0.05, 0) is 35.4 Å². The number of likely N-dealkylation sites (N-methyl/N-ethyl adjacent to an activating group) is 1. The zero-order chi connectivity index (χ0) is 20.1. The average Bonchev–Trinajstić information content (AvgIpc) is 2.72. The Hall–Kier alpha value is -2.99. The van der Waals surface area contributed by atoms with Crippen LogP contribution in [0.5, 0.6) is 5.75 Å². The molecule has 0 aromatic heterocycles. The number of thioether (sulfide) groups is 1. The average molecular weight is 395 g/mol. The maximum atomic E-state index is 12.3. The summed E-state index contributed by atoms with van der Waals surface area (Å²) in [6.45, 7) is 0.0385. The van der Waals surface area contributed by atoms with Crippen LogP contribution < -0.4 is 0 Å². The number of esters is 1. The highest BCUT2D eigenvalue weighted by Crippen LogP contribution is 2.29. The molecule has 0 saturated carbocycles. The molecule has 0 aliphatic carbocycles. The number of phenolic OH excluding ortho intramolecular Hbond substituents is 1. The van der Waals surface area contributed by atoms with Crippen molar-refractivity contribution in [3.63, 3.8) is 0 Å². The Morgan fingerprint density at radius 2 is 1.75 bits per heavy atom. The summed E-state index contributed by atoms with van der Waals surface area (Å²) in [7, 11) is 1.66. The topological polar surface area (TPSA) is 66.8 Å². The summed E-state index contributed by atoms with van der Waals surface area (Å²) in [4.78, 5) is 27.3. The highest BCUT2D eigenvalue weighted by molar-refractivity contribution is 7.98. The number of aromatic hydroxyl groups is 1. The molecule has 144 valence electrons. The van der Waals surface area contributed by atoms with Crippen molar-refractivity contribution >= 4 is 34.4 Å². The first-order chi connectivity index (χ1) is 13.5. The van der Waals surface area contributed by atoms with E-state index in [0.29, 0.717) is 11.9 Å². The molecule has 0 atom stereocenters. The van der Waals surface area contributed by atoms with Crippen LogP contribution in [0.1, 0.15) is 15.9 Å². The molecule has 0 bridgehead atoms. The van der Waals surface area contributed by atoms with Gasteiger partial charge in [-0.1, -0.05) is 42.5 Å². The molecule has 1 N–H and O–H groups in total. The predicted molar refractivity (Wildman–Crippen MR) is 111 cm³/mol. The van der Waals surface area contributed by atoms with Crippen molar-refractivity contribution in [2.24, 2.45) is 0 Å². The van der Waals surface area contributed by atoms with Crippen LogP contribution in [0.3, 0.4) is 0 Å². The van der Waals surface area contributed by atoms with E-state index in [1.165, 1.54) is 11.0 Å². The number of hydrogen-bond acceptors (Lipinski definition) is 5. The Labute approximate surface area is 167 Å². The van der Waals surface area contributed by atoms with Gasteiger partial charge in [-0.25, -0.2) is 4.79 Å². The van der Waals surface area contributed by atoms with Gasteiger partial charge >= 0.3 is 5.97 Å². The van der Waals surface area contributed by atoms with E-state index in [1.54, 1.807) is 37.0 Å². The molecular formula is C22H21NO4S. The van der Waals surface area contributed by atoms with E-state index in [9.17, 15) is 14.7 Å². The SMILES string of the molecule is CSc1ccc(CN(C)C(=O)COC(=O)c2ccc3ccccc3c2O)cc1. The number of benzene rings is 3. The molecule has 0 saturated heterocycles.